The van der Waals surface area contributed by atoms with Crippen LogP contribution in [0.1, 0.15) is 22.6 Å². The third-order valence-corrected chi connectivity index (χ3v) is 8.48. The number of sulfone groups is 1. The van der Waals surface area contributed by atoms with Crippen LogP contribution >= 0.6 is 0 Å². The van der Waals surface area contributed by atoms with Gasteiger partial charge in [-0.2, -0.15) is 0 Å². The first-order valence-electron chi connectivity index (χ1n) is 10.1. The molecule has 2 aliphatic rings. The number of benzene rings is 2. The molecule has 30 heavy (non-hydrogen) atoms. The zero-order valence-electron chi connectivity index (χ0n) is 17.1. The second kappa shape index (κ2) is 7.22. The quantitative estimate of drug-likeness (QED) is 0.642. The van der Waals surface area contributed by atoms with Crippen LogP contribution in [0, 0.1) is 6.92 Å². The Hall–Kier alpha value is -2.70. The average Bonchev–Trinajstić information content (AvgIpc) is 3.25. The molecule has 0 saturated carbocycles. The van der Waals surface area contributed by atoms with Crippen molar-refractivity contribution in [3.8, 4) is 17.0 Å². The molecular formula is C24H24N2O3S. The Morgan fingerprint density at radius 1 is 1.10 bits per heavy atom. The third-order valence-electron chi connectivity index (χ3n) is 6.22. The topological polar surface area (TPSA) is 59.5 Å². The highest BCUT2D eigenvalue weighted by Gasteiger charge is 2.50. The standard InChI is InChI=1S/C24H24N2O3S/c1-16-5-3-6-17(11-16)13-26-14-21-20-12-18(19-7-4-10-25-24(19)29-2)8-9-22(20)30(27,28)23(21)15-26/h3-12,21,23H,13-15H2,1-2H3/t21-,23+/m0/s1. The number of hydrogen-bond acceptors (Lipinski definition) is 5. The molecule has 5 nitrogen and oxygen atoms in total. The van der Waals surface area contributed by atoms with Crippen molar-refractivity contribution in [1.82, 2.24) is 9.88 Å². The van der Waals surface area contributed by atoms with Gasteiger partial charge in [0.25, 0.3) is 0 Å². The Bertz CT molecular complexity index is 1220. The lowest BCUT2D eigenvalue weighted by atomic mass is 9.95. The molecule has 0 amide bonds. The highest BCUT2D eigenvalue weighted by Crippen LogP contribution is 2.46. The summed E-state index contributed by atoms with van der Waals surface area (Å²) in [6, 6.07) is 17.9. The van der Waals surface area contributed by atoms with E-state index >= 15 is 0 Å². The van der Waals surface area contributed by atoms with Crippen LogP contribution < -0.4 is 4.74 Å². The smallest absolute Gasteiger partial charge is 0.221 e. The highest BCUT2D eigenvalue weighted by atomic mass is 32.2. The largest absolute Gasteiger partial charge is 0.481 e. The SMILES string of the molecule is COc1ncccc1-c1ccc2c(c1)[C@@H]1CN(Cc3cccc(C)c3)C[C@H]1S2(=O)=O. The van der Waals surface area contributed by atoms with E-state index < -0.39 is 9.84 Å². The molecule has 1 fully saturated rings. The lowest BCUT2D eigenvalue weighted by molar-refractivity contribution is 0.325. The fraction of sp³-hybridized carbons (Fsp3) is 0.292. The van der Waals surface area contributed by atoms with E-state index in [4.69, 9.17) is 4.74 Å². The van der Waals surface area contributed by atoms with Gasteiger partial charge in [-0.3, -0.25) is 4.90 Å². The summed E-state index contributed by atoms with van der Waals surface area (Å²) >= 11 is 0. The number of hydrogen-bond donors (Lipinski definition) is 0. The molecule has 0 bridgehead atoms. The van der Waals surface area contributed by atoms with Gasteiger partial charge in [-0.05, 0) is 47.9 Å². The van der Waals surface area contributed by atoms with E-state index in [1.807, 2.05) is 24.3 Å². The number of pyridine rings is 1. The summed E-state index contributed by atoms with van der Waals surface area (Å²) in [7, 11) is -1.72. The summed E-state index contributed by atoms with van der Waals surface area (Å²) in [4.78, 5) is 7.03. The number of ether oxygens (including phenoxy) is 1. The fourth-order valence-electron chi connectivity index (χ4n) is 4.86. The molecule has 0 N–H and O–H groups in total. The molecule has 154 valence electrons. The number of aryl methyl sites for hydroxylation is 1. The minimum atomic E-state index is -3.32. The molecule has 1 saturated heterocycles. The van der Waals surface area contributed by atoms with Gasteiger partial charge in [0, 0.05) is 37.3 Å². The van der Waals surface area contributed by atoms with Crippen LogP contribution in [0.5, 0.6) is 5.88 Å². The molecule has 2 aliphatic heterocycles. The lowest BCUT2D eigenvalue weighted by Gasteiger charge is -2.18. The van der Waals surface area contributed by atoms with Gasteiger partial charge >= 0.3 is 0 Å². The molecule has 1 aromatic heterocycles. The number of methoxy groups -OCH3 is 1. The van der Waals surface area contributed by atoms with Crippen LogP contribution in [0.3, 0.4) is 0 Å². The van der Waals surface area contributed by atoms with Crippen molar-refractivity contribution in [2.24, 2.45) is 0 Å². The van der Waals surface area contributed by atoms with Gasteiger partial charge < -0.3 is 4.74 Å². The summed E-state index contributed by atoms with van der Waals surface area (Å²) in [5.41, 5.74) is 5.18. The van der Waals surface area contributed by atoms with Crippen LogP contribution in [0.25, 0.3) is 11.1 Å². The van der Waals surface area contributed by atoms with Gasteiger partial charge in [-0.1, -0.05) is 35.9 Å². The number of aromatic nitrogens is 1. The van der Waals surface area contributed by atoms with Gasteiger partial charge in [0.05, 0.1) is 17.3 Å². The molecule has 3 aromatic rings. The summed E-state index contributed by atoms with van der Waals surface area (Å²) in [5.74, 6) is 0.541. The molecule has 6 heteroatoms. The Morgan fingerprint density at radius 2 is 1.97 bits per heavy atom. The molecule has 2 atom stereocenters. The maximum absolute atomic E-state index is 13.2. The zero-order chi connectivity index (χ0) is 20.9. The van der Waals surface area contributed by atoms with Gasteiger partial charge in [0.15, 0.2) is 9.84 Å². The van der Waals surface area contributed by atoms with Crippen molar-refractivity contribution in [2.75, 3.05) is 20.2 Å². The summed E-state index contributed by atoms with van der Waals surface area (Å²) in [5, 5.41) is -0.372. The molecule has 5 rings (SSSR count). The van der Waals surface area contributed by atoms with Crippen molar-refractivity contribution >= 4 is 9.84 Å². The zero-order valence-corrected chi connectivity index (χ0v) is 17.9. The molecule has 0 spiro atoms. The van der Waals surface area contributed by atoms with Crippen molar-refractivity contribution in [3.63, 3.8) is 0 Å². The summed E-state index contributed by atoms with van der Waals surface area (Å²) < 4.78 is 31.9. The Balaban J connectivity index is 1.49. The maximum Gasteiger partial charge on any atom is 0.221 e. The van der Waals surface area contributed by atoms with E-state index in [0.29, 0.717) is 17.3 Å². The van der Waals surface area contributed by atoms with E-state index in [9.17, 15) is 8.42 Å². The van der Waals surface area contributed by atoms with Crippen LogP contribution in [0.15, 0.2) is 65.7 Å². The fourth-order valence-corrected chi connectivity index (χ4v) is 7.06. The minimum absolute atomic E-state index is 0.00238. The van der Waals surface area contributed by atoms with E-state index in [1.54, 1.807) is 19.4 Å². The first kappa shape index (κ1) is 19.3. The molecule has 0 radical (unpaired) electrons. The van der Waals surface area contributed by atoms with Crippen molar-refractivity contribution < 1.29 is 13.2 Å². The Kier molecular flexibility index (Phi) is 4.64. The number of nitrogens with zero attached hydrogens (tertiary/aromatic N) is 2. The second-order valence-corrected chi connectivity index (χ2v) is 10.3. The van der Waals surface area contributed by atoms with E-state index in [-0.39, 0.29) is 11.2 Å². The highest BCUT2D eigenvalue weighted by molar-refractivity contribution is 7.92. The van der Waals surface area contributed by atoms with E-state index in [2.05, 4.69) is 41.1 Å². The maximum atomic E-state index is 13.2. The molecular weight excluding hydrogens is 396 g/mol. The van der Waals surface area contributed by atoms with Gasteiger partial charge in [-0.15, -0.1) is 0 Å². The average molecular weight is 421 g/mol. The minimum Gasteiger partial charge on any atom is -0.481 e. The summed E-state index contributed by atoms with van der Waals surface area (Å²) in [6.45, 7) is 4.17. The molecule has 0 aliphatic carbocycles. The number of fused-ring (bicyclic) bond motifs is 3. The predicted octanol–water partition coefficient (Wildman–Crippen LogP) is 3.82. The number of likely N-dealkylation sites (tertiary alicyclic amines) is 1. The lowest BCUT2D eigenvalue weighted by Crippen LogP contribution is -2.25. The van der Waals surface area contributed by atoms with Crippen molar-refractivity contribution in [1.29, 1.82) is 0 Å². The molecule has 3 heterocycles. The van der Waals surface area contributed by atoms with Crippen LogP contribution in [0.2, 0.25) is 0 Å². The van der Waals surface area contributed by atoms with E-state index in [1.165, 1.54) is 11.1 Å². The second-order valence-electron chi connectivity index (χ2n) is 8.19. The van der Waals surface area contributed by atoms with Crippen molar-refractivity contribution in [2.45, 2.75) is 29.5 Å². The normalized spacial score (nSPS) is 21.9. The Labute approximate surface area is 177 Å². The first-order chi connectivity index (χ1) is 14.5. The monoisotopic (exact) mass is 420 g/mol. The van der Waals surface area contributed by atoms with Crippen LogP contribution in [0.4, 0.5) is 0 Å². The predicted molar refractivity (Wildman–Crippen MR) is 116 cm³/mol. The van der Waals surface area contributed by atoms with Gasteiger partial charge in [0.1, 0.15) is 0 Å². The van der Waals surface area contributed by atoms with Crippen LogP contribution in [-0.4, -0.2) is 43.8 Å². The molecule has 0 unspecified atom stereocenters. The Morgan fingerprint density at radius 3 is 2.77 bits per heavy atom. The van der Waals surface area contributed by atoms with Crippen molar-refractivity contribution in [3.05, 3.63) is 77.5 Å². The molecule has 2 aromatic carbocycles. The third kappa shape index (κ3) is 3.11. The van der Waals surface area contributed by atoms with Gasteiger partial charge in [0.2, 0.25) is 5.88 Å². The number of rotatable bonds is 4. The van der Waals surface area contributed by atoms with E-state index in [0.717, 1.165) is 29.8 Å². The van der Waals surface area contributed by atoms with Crippen LogP contribution in [-0.2, 0) is 16.4 Å². The van der Waals surface area contributed by atoms with Gasteiger partial charge in [-0.25, -0.2) is 13.4 Å². The summed E-state index contributed by atoms with van der Waals surface area (Å²) in [6.07, 6.45) is 1.69. The first-order valence-corrected chi connectivity index (χ1v) is 11.7.